The van der Waals surface area contributed by atoms with E-state index in [-0.39, 0.29) is 5.91 Å². The lowest BCUT2D eigenvalue weighted by molar-refractivity contribution is -0.122. The van der Waals surface area contributed by atoms with Crippen molar-refractivity contribution in [3.8, 4) is 0 Å². The van der Waals surface area contributed by atoms with Crippen LogP contribution in [0.4, 0.5) is 0 Å². The van der Waals surface area contributed by atoms with Gasteiger partial charge in [0, 0.05) is 58.1 Å². The van der Waals surface area contributed by atoms with E-state index in [1.54, 1.807) is 18.4 Å². The molecule has 0 saturated heterocycles. The molecule has 0 radical (unpaired) electrons. The lowest BCUT2D eigenvalue weighted by Crippen LogP contribution is -2.33. The Morgan fingerprint density at radius 3 is 3.12 bits per heavy atom. The van der Waals surface area contributed by atoms with Gasteiger partial charge in [-0.1, -0.05) is 0 Å². The summed E-state index contributed by atoms with van der Waals surface area (Å²) in [4.78, 5) is 14.6. The van der Waals surface area contributed by atoms with E-state index in [4.69, 9.17) is 4.74 Å². The fourth-order valence-corrected chi connectivity index (χ4v) is 3.94. The summed E-state index contributed by atoms with van der Waals surface area (Å²) in [6.45, 7) is 4.86. The first-order chi connectivity index (χ1) is 11.7. The summed E-state index contributed by atoms with van der Waals surface area (Å²) in [6, 6.07) is 6.46. The van der Waals surface area contributed by atoms with Gasteiger partial charge in [0.05, 0.1) is 6.61 Å². The smallest absolute Gasteiger partial charge is 0.220 e. The third-order valence-electron chi connectivity index (χ3n) is 4.37. The summed E-state index contributed by atoms with van der Waals surface area (Å²) in [5.74, 6) is 0.433. The minimum absolute atomic E-state index is 0.114. The summed E-state index contributed by atoms with van der Waals surface area (Å²) in [5.41, 5.74) is 2.68. The predicted molar refractivity (Wildman–Crippen MR) is 95.9 cm³/mol. The number of hydrogen-bond acceptors (Lipinski definition) is 4. The van der Waals surface area contributed by atoms with Gasteiger partial charge in [0.25, 0.3) is 0 Å². The molecule has 0 aromatic carbocycles. The van der Waals surface area contributed by atoms with Gasteiger partial charge in [-0.15, -0.1) is 0 Å². The quantitative estimate of drug-likeness (QED) is 0.782. The molecule has 5 nitrogen and oxygen atoms in total. The molecule has 1 unspecified atom stereocenters. The van der Waals surface area contributed by atoms with E-state index < -0.39 is 0 Å². The van der Waals surface area contributed by atoms with Crippen LogP contribution in [-0.4, -0.2) is 42.2 Å². The maximum atomic E-state index is 12.2. The molecule has 1 N–H and O–H groups in total. The second kappa shape index (κ2) is 8.46. The van der Waals surface area contributed by atoms with E-state index in [1.807, 2.05) is 0 Å². The summed E-state index contributed by atoms with van der Waals surface area (Å²) in [7, 11) is 1.65. The first-order valence-electron chi connectivity index (χ1n) is 8.37. The summed E-state index contributed by atoms with van der Waals surface area (Å²) in [5, 5.41) is 7.27. The topological polar surface area (TPSA) is 46.5 Å². The molecule has 3 rings (SSSR count). The van der Waals surface area contributed by atoms with E-state index in [0.717, 1.165) is 26.2 Å². The van der Waals surface area contributed by atoms with E-state index in [0.29, 0.717) is 25.5 Å². The number of ether oxygens (including phenoxy) is 1. The maximum absolute atomic E-state index is 12.2. The number of rotatable bonds is 7. The first-order valence-corrected chi connectivity index (χ1v) is 9.32. The zero-order valence-electron chi connectivity index (χ0n) is 14.1. The highest BCUT2D eigenvalue weighted by Crippen LogP contribution is 2.21. The standard InChI is InChI=1S/C18H25N3O2S/c1-23-7-5-19-18(22)9-16-11-20(10-15-4-8-24-14-15)13-17-3-2-6-21(17)12-16/h2-4,6,8,14,16H,5,7,9-13H2,1H3,(H,19,22). The zero-order valence-corrected chi connectivity index (χ0v) is 14.9. The second-order valence-corrected chi connectivity index (χ2v) is 7.15. The summed E-state index contributed by atoms with van der Waals surface area (Å²) in [6.07, 6.45) is 2.68. The van der Waals surface area contributed by atoms with Gasteiger partial charge in [0.15, 0.2) is 0 Å². The number of amides is 1. The molecule has 0 bridgehead atoms. The second-order valence-electron chi connectivity index (χ2n) is 6.37. The number of carbonyl (C=O) groups excluding carboxylic acids is 1. The first kappa shape index (κ1) is 17.2. The fourth-order valence-electron chi connectivity index (χ4n) is 3.28. The average Bonchev–Trinajstić information content (AvgIpc) is 3.17. The van der Waals surface area contributed by atoms with Crippen LogP contribution in [0.3, 0.4) is 0 Å². The van der Waals surface area contributed by atoms with Gasteiger partial charge in [-0.3, -0.25) is 9.69 Å². The number of methoxy groups -OCH3 is 1. The largest absolute Gasteiger partial charge is 0.383 e. The van der Waals surface area contributed by atoms with Crippen LogP contribution in [0.5, 0.6) is 0 Å². The molecule has 1 atom stereocenters. The molecule has 3 heterocycles. The number of aromatic nitrogens is 1. The minimum atomic E-state index is 0.114. The lowest BCUT2D eigenvalue weighted by atomic mass is 10.0. The lowest BCUT2D eigenvalue weighted by Gasteiger charge is -2.23. The van der Waals surface area contributed by atoms with Gasteiger partial charge in [-0.25, -0.2) is 0 Å². The molecule has 6 heteroatoms. The molecule has 0 fully saturated rings. The number of fused-ring (bicyclic) bond motifs is 1. The van der Waals surface area contributed by atoms with Gasteiger partial charge < -0.3 is 14.6 Å². The van der Waals surface area contributed by atoms with Crippen molar-refractivity contribution in [1.29, 1.82) is 0 Å². The van der Waals surface area contributed by atoms with Gasteiger partial charge in [0.2, 0.25) is 5.91 Å². The summed E-state index contributed by atoms with van der Waals surface area (Å²) < 4.78 is 7.28. The Morgan fingerprint density at radius 1 is 1.42 bits per heavy atom. The zero-order chi connectivity index (χ0) is 16.8. The third-order valence-corrected chi connectivity index (χ3v) is 5.10. The Labute approximate surface area is 147 Å². The molecule has 0 saturated carbocycles. The van der Waals surface area contributed by atoms with Crippen molar-refractivity contribution in [2.45, 2.75) is 26.1 Å². The molecule has 2 aromatic heterocycles. The van der Waals surface area contributed by atoms with E-state index >= 15 is 0 Å². The van der Waals surface area contributed by atoms with Crippen LogP contribution < -0.4 is 5.32 Å². The molecule has 24 heavy (non-hydrogen) atoms. The monoisotopic (exact) mass is 347 g/mol. The molecular formula is C18H25N3O2S. The van der Waals surface area contributed by atoms with Gasteiger partial charge >= 0.3 is 0 Å². The minimum Gasteiger partial charge on any atom is -0.383 e. The Bertz CT molecular complexity index is 638. The molecule has 130 valence electrons. The highest BCUT2D eigenvalue weighted by molar-refractivity contribution is 7.07. The van der Waals surface area contributed by atoms with Crippen LogP contribution in [0.15, 0.2) is 35.2 Å². The number of nitrogens with one attached hydrogen (secondary N) is 1. The Kier molecular flexibility index (Phi) is 6.07. The van der Waals surface area contributed by atoms with E-state index in [1.165, 1.54) is 11.3 Å². The third kappa shape index (κ3) is 4.69. The van der Waals surface area contributed by atoms with Crippen LogP contribution in [0, 0.1) is 5.92 Å². The fraction of sp³-hybridized carbons (Fsp3) is 0.500. The highest BCUT2D eigenvalue weighted by Gasteiger charge is 2.23. The average molecular weight is 347 g/mol. The van der Waals surface area contributed by atoms with Crippen LogP contribution >= 0.6 is 11.3 Å². The summed E-state index contributed by atoms with van der Waals surface area (Å²) >= 11 is 1.74. The van der Waals surface area contributed by atoms with Gasteiger partial charge in [0.1, 0.15) is 0 Å². The van der Waals surface area contributed by atoms with E-state index in [9.17, 15) is 4.79 Å². The Balaban J connectivity index is 1.64. The Morgan fingerprint density at radius 2 is 2.33 bits per heavy atom. The number of carbonyl (C=O) groups is 1. The molecule has 1 aliphatic rings. The molecular weight excluding hydrogens is 322 g/mol. The van der Waals surface area contributed by atoms with Crippen LogP contribution in [0.2, 0.25) is 0 Å². The molecule has 2 aromatic rings. The number of hydrogen-bond donors (Lipinski definition) is 1. The van der Waals surface area contributed by atoms with Crippen molar-refractivity contribution in [3.05, 3.63) is 46.4 Å². The highest BCUT2D eigenvalue weighted by atomic mass is 32.1. The number of nitrogens with zero attached hydrogens (tertiary/aromatic N) is 2. The normalized spacial score (nSPS) is 18.1. The Hall–Kier alpha value is -1.63. The van der Waals surface area contributed by atoms with Crippen LogP contribution in [0.25, 0.3) is 0 Å². The van der Waals surface area contributed by atoms with Crippen molar-refractivity contribution >= 4 is 17.2 Å². The van der Waals surface area contributed by atoms with Crippen molar-refractivity contribution < 1.29 is 9.53 Å². The molecule has 1 aliphatic heterocycles. The molecule has 1 amide bonds. The number of thiophene rings is 1. The SMILES string of the molecule is COCCNC(=O)CC1CN(Cc2ccsc2)Cc2cccn2C1. The van der Waals surface area contributed by atoms with Crippen LogP contribution in [-0.2, 0) is 29.2 Å². The van der Waals surface area contributed by atoms with Gasteiger partial charge in [-0.2, -0.15) is 11.3 Å². The van der Waals surface area contributed by atoms with Crippen LogP contribution in [0.1, 0.15) is 17.7 Å². The van der Waals surface area contributed by atoms with Gasteiger partial charge in [-0.05, 0) is 40.4 Å². The predicted octanol–water partition coefficient (Wildman–Crippen LogP) is 2.33. The van der Waals surface area contributed by atoms with Crippen molar-refractivity contribution in [3.63, 3.8) is 0 Å². The van der Waals surface area contributed by atoms with Crippen molar-refractivity contribution in [1.82, 2.24) is 14.8 Å². The maximum Gasteiger partial charge on any atom is 0.220 e. The molecule has 0 spiro atoms. The van der Waals surface area contributed by atoms with Crippen molar-refractivity contribution in [2.75, 3.05) is 26.8 Å². The van der Waals surface area contributed by atoms with Crippen molar-refractivity contribution in [2.24, 2.45) is 5.92 Å². The van der Waals surface area contributed by atoms with E-state index in [2.05, 4.69) is 49.9 Å². The molecule has 0 aliphatic carbocycles.